The van der Waals surface area contributed by atoms with E-state index in [4.69, 9.17) is 4.52 Å². The largest absolute Gasteiger partial charge is 0.351 e. The van der Waals surface area contributed by atoms with E-state index < -0.39 is 0 Å². The van der Waals surface area contributed by atoms with Gasteiger partial charge < -0.3 is 9.42 Å². The summed E-state index contributed by atoms with van der Waals surface area (Å²) in [5, 5.41) is 3.74. The molecule has 2 rings (SSSR count). The molecule has 112 valence electrons. The minimum atomic E-state index is -0.115. The van der Waals surface area contributed by atoms with Crippen LogP contribution in [0.2, 0.25) is 0 Å². The Kier molecular flexibility index (Phi) is 5.44. The maximum atomic E-state index is 12.0. The van der Waals surface area contributed by atoms with Gasteiger partial charge in [-0.05, 0) is 38.2 Å². The summed E-state index contributed by atoms with van der Waals surface area (Å²) in [6, 6.07) is 10.2. The third-order valence-corrected chi connectivity index (χ3v) is 4.21. The van der Waals surface area contributed by atoms with Crippen molar-refractivity contribution in [2.75, 3.05) is 19.3 Å². The Bertz CT molecular complexity index is 593. The van der Waals surface area contributed by atoms with Gasteiger partial charge in [-0.1, -0.05) is 22.9 Å². The molecule has 0 fully saturated rings. The molecular weight excluding hydrogens is 284 g/mol. The molecule has 0 bridgehead atoms. The molecule has 0 spiro atoms. The first-order valence-corrected chi connectivity index (χ1v) is 7.93. The average Bonchev–Trinajstić information content (AvgIpc) is 2.91. The molecule has 0 radical (unpaired) electrons. The van der Waals surface area contributed by atoms with Crippen LogP contribution in [0.15, 0.2) is 39.8 Å². The van der Waals surface area contributed by atoms with Gasteiger partial charge in [-0.2, -0.15) is 0 Å². The van der Waals surface area contributed by atoms with E-state index in [1.54, 1.807) is 24.9 Å². The molecule has 1 aromatic heterocycles. The molecule has 2 aromatic rings. The number of benzene rings is 1. The number of nitrogens with zero attached hydrogens (tertiary/aromatic N) is 2. The Hall–Kier alpha value is -1.75. The number of hydrogen-bond acceptors (Lipinski definition) is 4. The molecule has 0 saturated heterocycles. The average molecular weight is 304 g/mol. The molecule has 21 heavy (non-hydrogen) atoms. The lowest BCUT2D eigenvalue weighted by molar-refractivity contribution is 0.0754. The van der Waals surface area contributed by atoms with Gasteiger partial charge in [-0.25, -0.2) is 0 Å². The second-order valence-corrected chi connectivity index (χ2v) is 6.24. The molecule has 4 nitrogen and oxygen atoms in total. The van der Waals surface area contributed by atoms with Gasteiger partial charge in [0.15, 0.2) is 0 Å². The van der Waals surface area contributed by atoms with Gasteiger partial charge in [-0.3, -0.25) is 4.79 Å². The fourth-order valence-corrected chi connectivity index (χ4v) is 2.72. The highest BCUT2D eigenvalue weighted by Gasteiger charge is 2.15. The molecule has 1 aromatic carbocycles. The first-order chi connectivity index (χ1) is 10.1. The maximum absolute atomic E-state index is 12.0. The molecule has 0 saturated carbocycles. The number of aromatic nitrogens is 1. The minimum absolute atomic E-state index is 0.115. The van der Waals surface area contributed by atoms with Gasteiger partial charge in [0.25, 0.3) is 5.91 Å². The molecule has 5 heteroatoms. The van der Waals surface area contributed by atoms with E-state index in [1.807, 2.05) is 11.8 Å². The fourth-order valence-electron chi connectivity index (χ4n) is 1.88. The normalized spacial score (nSPS) is 10.6. The SMILES string of the molecule is Cc1ccc(SCCCN(C)C(=O)c2cc(C)no2)cc1. The maximum Gasteiger partial charge on any atom is 0.292 e. The quantitative estimate of drug-likeness (QED) is 0.605. The topological polar surface area (TPSA) is 46.3 Å². The zero-order valence-electron chi connectivity index (χ0n) is 12.6. The Morgan fingerprint density at radius 3 is 2.62 bits per heavy atom. The number of thioether (sulfide) groups is 1. The van der Waals surface area contributed by atoms with Crippen molar-refractivity contribution < 1.29 is 9.32 Å². The fraction of sp³-hybridized carbons (Fsp3) is 0.375. The van der Waals surface area contributed by atoms with Crippen LogP contribution in [0.25, 0.3) is 0 Å². The van der Waals surface area contributed by atoms with Crippen molar-refractivity contribution in [2.45, 2.75) is 25.2 Å². The first-order valence-electron chi connectivity index (χ1n) is 6.94. The Labute approximate surface area is 129 Å². The van der Waals surface area contributed by atoms with Crippen molar-refractivity contribution in [3.05, 3.63) is 47.3 Å². The molecular formula is C16H20N2O2S. The van der Waals surface area contributed by atoms with Crippen LogP contribution < -0.4 is 0 Å². The molecule has 1 heterocycles. The monoisotopic (exact) mass is 304 g/mol. The lowest BCUT2D eigenvalue weighted by Gasteiger charge is -2.14. The summed E-state index contributed by atoms with van der Waals surface area (Å²) < 4.78 is 4.99. The molecule has 0 unspecified atom stereocenters. The number of hydrogen-bond donors (Lipinski definition) is 0. The van der Waals surface area contributed by atoms with Gasteiger partial charge in [0.2, 0.25) is 5.76 Å². The first kappa shape index (κ1) is 15.6. The molecule has 0 atom stereocenters. The van der Waals surface area contributed by atoms with E-state index >= 15 is 0 Å². The van der Waals surface area contributed by atoms with Crippen molar-refractivity contribution in [1.82, 2.24) is 10.1 Å². The number of rotatable bonds is 6. The highest BCUT2D eigenvalue weighted by Crippen LogP contribution is 2.19. The van der Waals surface area contributed by atoms with E-state index in [2.05, 4.69) is 36.3 Å². The van der Waals surface area contributed by atoms with Gasteiger partial charge in [-0.15, -0.1) is 11.8 Å². The lowest BCUT2D eigenvalue weighted by Crippen LogP contribution is -2.27. The van der Waals surface area contributed by atoms with Crippen LogP contribution >= 0.6 is 11.8 Å². The van der Waals surface area contributed by atoms with Crippen molar-refractivity contribution >= 4 is 17.7 Å². The Morgan fingerprint density at radius 2 is 2.00 bits per heavy atom. The number of carbonyl (C=O) groups excluding carboxylic acids is 1. The van der Waals surface area contributed by atoms with Crippen molar-refractivity contribution in [1.29, 1.82) is 0 Å². The standard InChI is InChI=1S/C16H20N2O2S/c1-12-5-7-14(8-6-12)21-10-4-9-18(3)16(19)15-11-13(2)17-20-15/h5-8,11H,4,9-10H2,1-3H3. The molecule has 0 aliphatic heterocycles. The summed E-state index contributed by atoms with van der Waals surface area (Å²) in [5.41, 5.74) is 1.99. The summed E-state index contributed by atoms with van der Waals surface area (Å²) in [6.07, 6.45) is 0.938. The van der Waals surface area contributed by atoms with Gasteiger partial charge >= 0.3 is 0 Å². The third-order valence-electron chi connectivity index (χ3n) is 3.11. The predicted octanol–water partition coefficient (Wildman–Crippen LogP) is 3.55. The molecule has 0 aliphatic carbocycles. The van der Waals surface area contributed by atoms with Gasteiger partial charge in [0, 0.05) is 24.6 Å². The second kappa shape index (κ2) is 7.31. The van der Waals surface area contributed by atoms with Crippen molar-refractivity contribution in [2.24, 2.45) is 0 Å². The molecule has 0 aliphatic rings. The predicted molar refractivity (Wildman–Crippen MR) is 84.7 cm³/mol. The van der Waals surface area contributed by atoms with E-state index in [1.165, 1.54) is 10.5 Å². The molecule has 0 N–H and O–H groups in total. The number of carbonyl (C=O) groups is 1. The summed E-state index contributed by atoms with van der Waals surface area (Å²) in [4.78, 5) is 15.0. The second-order valence-electron chi connectivity index (χ2n) is 5.07. The smallest absolute Gasteiger partial charge is 0.292 e. The number of amides is 1. The van der Waals surface area contributed by atoms with E-state index in [0.717, 1.165) is 17.9 Å². The Morgan fingerprint density at radius 1 is 1.29 bits per heavy atom. The lowest BCUT2D eigenvalue weighted by atomic mass is 10.2. The van der Waals surface area contributed by atoms with E-state index in [-0.39, 0.29) is 5.91 Å². The minimum Gasteiger partial charge on any atom is -0.351 e. The van der Waals surface area contributed by atoms with Gasteiger partial charge in [0.1, 0.15) is 0 Å². The zero-order chi connectivity index (χ0) is 15.2. The summed E-state index contributed by atoms with van der Waals surface area (Å²) in [5.74, 6) is 1.17. The highest BCUT2D eigenvalue weighted by atomic mass is 32.2. The van der Waals surface area contributed by atoms with Crippen LogP contribution in [0, 0.1) is 13.8 Å². The van der Waals surface area contributed by atoms with Crippen LogP contribution in [0.5, 0.6) is 0 Å². The van der Waals surface area contributed by atoms with Crippen LogP contribution in [-0.4, -0.2) is 35.3 Å². The molecule has 1 amide bonds. The Balaban J connectivity index is 1.73. The van der Waals surface area contributed by atoms with Crippen LogP contribution in [0.4, 0.5) is 0 Å². The van der Waals surface area contributed by atoms with Crippen molar-refractivity contribution in [3.8, 4) is 0 Å². The van der Waals surface area contributed by atoms with Crippen molar-refractivity contribution in [3.63, 3.8) is 0 Å². The van der Waals surface area contributed by atoms with Crippen LogP contribution in [-0.2, 0) is 0 Å². The summed E-state index contributed by atoms with van der Waals surface area (Å²) in [7, 11) is 1.79. The zero-order valence-corrected chi connectivity index (χ0v) is 13.4. The number of aryl methyl sites for hydroxylation is 2. The highest BCUT2D eigenvalue weighted by molar-refractivity contribution is 7.99. The summed E-state index contributed by atoms with van der Waals surface area (Å²) in [6.45, 7) is 4.59. The third kappa shape index (κ3) is 4.63. The van der Waals surface area contributed by atoms with E-state index in [0.29, 0.717) is 12.3 Å². The van der Waals surface area contributed by atoms with Gasteiger partial charge in [0.05, 0.1) is 5.69 Å². The van der Waals surface area contributed by atoms with E-state index in [9.17, 15) is 4.79 Å². The summed E-state index contributed by atoms with van der Waals surface area (Å²) >= 11 is 1.81. The van der Waals surface area contributed by atoms with Crippen LogP contribution in [0.3, 0.4) is 0 Å². The van der Waals surface area contributed by atoms with Crippen LogP contribution in [0.1, 0.15) is 28.2 Å².